The molecule has 2 heterocycles. The fraction of sp³-hybridized carbons (Fsp3) is 0.189. The van der Waals surface area contributed by atoms with Crippen LogP contribution < -0.4 is 29.1 Å². The largest absolute Gasteiger partial charge is 0.496 e. The number of carbonyl (C=O) groups is 1. The van der Waals surface area contributed by atoms with E-state index in [0.717, 1.165) is 16.3 Å². The maximum absolute atomic E-state index is 14.3. The van der Waals surface area contributed by atoms with E-state index in [1.54, 1.807) is 63.0 Å². The van der Waals surface area contributed by atoms with Crippen molar-refractivity contribution in [2.24, 2.45) is 4.99 Å². The highest BCUT2D eigenvalue weighted by atomic mass is 32.1. The molecule has 0 saturated carbocycles. The van der Waals surface area contributed by atoms with E-state index in [9.17, 15) is 14.9 Å². The fourth-order valence-corrected chi connectivity index (χ4v) is 6.80. The lowest BCUT2D eigenvalue weighted by Gasteiger charge is -2.27. The molecule has 0 amide bonds. The van der Waals surface area contributed by atoms with Gasteiger partial charge >= 0.3 is 5.97 Å². The second-order valence-corrected chi connectivity index (χ2v) is 11.7. The van der Waals surface area contributed by atoms with E-state index in [1.165, 1.54) is 11.3 Å². The van der Waals surface area contributed by atoms with Gasteiger partial charge in [-0.3, -0.25) is 9.36 Å². The number of rotatable bonds is 9. The van der Waals surface area contributed by atoms with Crippen molar-refractivity contribution in [2.45, 2.75) is 26.5 Å². The summed E-state index contributed by atoms with van der Waals surface area (Å²) in [5.74, 6) is 0.967. The normalized spacial score (nSPS) is 14.3. The number of ether oxygens (including phenoxy) is 4. The number of allylic oxidation sites excluding steroid dienone is 1. The quantitative estimate of drug-likeness (QED) is 0.197. The van der Waals surface area contributed by atoms with Crippen molar-refractivity contribution in [3.63, 3.8) is 0 Å². The van der Waals surface area contributed by atoms with Gasteiger partial charge in [-0.05, 0) is 60.5 Å². The molecule has 236 valence electrons. The Labute approximate surface area is 274 Å². The summed E-state index contributed by atoms with van der Waals surface area (Å²) in [6.45, 7) is 3.86. The maximum Gasteiger partial charge on any atom is 0.338 e. The topological polar surface area (TPSA) is 112 Å². The smallest absolute Gasteiger partial charge is 0.338 e. The molecule has 6 rings (SSSR count). The van der Waals surface area contributed by atoms with Gasteiger partial charge in [0.25, 0.3) is 5.56 Å². The number of fused-ring (bicyclic) bond motifs is 2. The van der Waals surface area contributed by atoms with Crippen LogP contribution in [0.3, 0.4) is 0 Å². The number of thiazole rings is 1. The third kappa shape index (κ3) is 5.89. The lowest BCUT2D eigenvalue weighted by atomic mass is 9.90. The molecule has 0 aliphatic carbocycles. The average molecular weight is 646 g/mol. The summed E-state index contributed by atoms with van der Waals surface area (Å²) in [5.41, 5.74) is 3.13. The van der Waals surface area contributed by atoms with E-state index >= 15 is 0 Å². The molecular formula is C37H31N3O6S. The molecule has 1 atom stereocenters. The lowest BCUT2D eigenvalue weighted by Crippen LogP contribution is -2.40. The van der Waals surface area contributed by atoms with Crippen LogP contribution in [0.2, 0.25) is 0 Å². The van der Waals surface area contributed by atoms with E-state index in [1.807, 2.05) is 54.6 Å². The number of nitrogens with zero attached hydrogens (tertiary/aromatic N) is 3. The average Bonchev–Trinajstić information content (AvgIpc) is 3.40. The summed E-state index contributed by atoms with van der Waals surface area (Å²) in [7, 11) is 3.11. The van der Waals surface area contributed by atoms with Gasteiger partial charge in [0.15, 0.2) is 16.3 Å². The van der Waals surface area contributed by atoms with Gasteiger partial charge in [0.2, 0.25) is 0 Å². The molecule has 10 heteroatoms. The van der Waals surface area contributed by atoms with Crippen molar-refractivity contribution < 1.29 is 23.7 Å². The molecule has 0 bridgehead atoms. The summed E-state index contributed by atoms with van der Waals surface area (Å²) in [4.78, 5) is 32.9. The second kappa shape index (κ2) is 13.4. The summed E-state index contributed by atoms with van der Waals surface area (Å²) >= 11 is 1.23. The van der Waals surface area contributed by atoms with Crippen molar-refractivity contribution in [3.05, 3.63) is 132 Å². The molecule has 0 spiro atoms. The monoisotopic (exact) mass is 645 g/mol. The Morgan fingerprint density at radius 1 is 1.00 bits per heavy atom. The highest BCUT2D eigenvalue weighted by molar-refractivity contribution is 7.07. The predicted molar refractivity (Wildman–Crippen MR) is 179 cm³/mol. The van der Waals surface area contributed by atoms with E-state index in [-0.39, 0.29) is 24.3 Å². The van der Waals surface area contributed by atoms with Crippen LogP contribution in [0.25, 0.3) is 16.8 Å². The van der Waals surface area contributed by atoms with Crippen molar-refractivity contribution >= 4 is 34.2 Å². The van der Waals surface area contributed by atoms with Gasteiger partial charge in [-0.25, -0.2) is 9.79 Å². The van der Waals surface area contributed by atoms with Crippen LogP contribution in [0, 0.1) is 11.3 Å². The summed E-state index contributed by atoms with van der Waals surface area (Å²) in [6.07, 6.45) is 1.77. The summed E-state index contributed by atoms with van der Waals surface area (Å²) in [6, 6.07) is 25.5. The standard InChI is InChI=1S/C37H31N3O6S/c1-5-45-36(42)32-22(2)39-37-40(34(32)33-27-13-9-8-10-24(27)15-17-29(33)43-3)35(41)31(47-37)19-23-14-16-28(30(18-23)44-4)46-21-26-12-7-6-11-25(26)20-38/h6-19,34H,5,21H2,1-4H3/b31-19+/t34-/m0/s1. The van der Waals surface area contributed by atoms with Crippen molar-refractivity contribution in [3.8, 4) is 23.3 Å². The maximum atomic E-state index is 14.3. The van der Waals surface area contributed by atoms with Crippen molar-refractivity contribution in [2.75, 3.05) is 20.8 Å². The third-order valence-corrected chi connectivity index (χ3v) is 8.93. The Balaban J connectivity index is 1.47. The molecule has 0 unspecified atom stereocenters. The van der Waals surface area contributed by atoms with Crippen LogP contribution in [0.1, 0.15) is 42.1 Å². The Kier molecular flexibility index (Phi) is 8.91. The highest BCUT2D eigenvalue weighted by Gasteiger charge is 2.36. The number of aromatic nitrogens is 1. The molecule has 47 heavy (non-hydrogen) atoms. The number of nitriles is 1. The van der Waals surface area contributed by atoms with Gasteiger partial charge < -0.3 is 18.9 Å². The minimum Gasteiger partial charge on any atom is -0.496 e. The Hall–Kier alpha value is -5.66. The molecular weight excluding hydrogens is 614 g/mol. The molecule has 0 N–H and O–H groups in total. The van der Waals surface area contributed by atoms with Gasteiger partial charge in [-0.15, -0.1) is 0 Å². The first kappa shape index (κ1) is 31.3. The van der Waals surface area contributed by atoms with E-state index < -0.39 is 12.0 Å². The highest BCUT2D eigenvalue weighted by Crippen LogP contribution is 2.40. The Bertz CT molecular complexity index is 2280. The minimum atomic E-state index is -0.838. The molecule has 0 fully saturated rings. The summed E-state index contributed by atoms with van der Waals surface area (Å²) in [5, 5.41) is 11.2. The molecule has 5 aromatic rings. The number of esters is 1. The second-order valence-electron chi connectivity index (χ2n) is 10.7. The van der Waals surface area contributed by atoms with Crippen LogP contribution in [0.4, 0.5) is 0 Å². The number of hydrogen-bond acceptors (Lipinski definition) is 9. The summed E-state index contributed by atoms with van der Waals surface area (Å²) < 4.78 is 24.9. The van der Waals surface area contributed by atoms with E-state index in [2.05, 4.69) is 6.07 Å². The zero-order valence-corrected chi connectivity index (χ0v) is 27.1. The van der Waals surface area contributed by atoms with Gasteiger partial charge in [-0.2, -0.15) is 5.26 Å². The number of hydrogen-bond donors (Lipinski definition) is 0. The fourth-order valence-electron chi connectivity index (χ4n) is 5.76. The molecule has 4 aromatic carbocycles. The van der Waals surface area contributed by atoms with Crippen LogP contribution in [0.5, 0.6) is 17.2 Å². The lowest BCUT2D eigenvalue weighted by molar-refractivity contribution is -0.139. The molecule has 0 radical (unpaired) electrons. The third-order valence-electron chi connectivity index (χ3n) is 7.95. The van der Waals surface area contributed by atoms with E-state index in [0.29, 0.717) is 49.0 Å². The first-order chi connectivity index (χ1) is 22.9. The zero-order chi connectivity index (χ0) is 33.1. The number of methoxy groups -OCH3 is 2. The SMILES string of the molecule is CCOC(=O)C1=C(C)N=c2s/c(=C/c3ccc(OCc4ccccc4C#N)c(OC)c3)c(=O)n2[C@@H]1c1c(OC)ccc2ccccc12. The Morgan fingerprint density at radius 3 is 2.51 bits per heavy atom. The van der Waals surface area contributed by atoms with Crippen LogP contribution in [0.15, 0.2) is 99.9 Å². The van der Waals surface area contributed by atoms with Crippen LogP contribution in [-0.4, -0.2) is 31.4 Å². The van der Waals surface area contributed by atoms with E-state index in [4.69, 9.17) is 23.9 Å². The molecule has 9 nitrogen and oxygen atoms in total. The van der Waals surface area contributed by atoms with Gasteiger partial charge in [-0.1, -0.05) is 65.9 Å². The first-order valence-electron chi connectivity index (χ1n) is 14.9. The first-order valence-corrected chi connectivity index (χ1v) is 15.7. The Morgan fingerprint density at radius 2 is 1.74 bits per heavy atom. The zero-order valence-electron chi connectivity index (χ0n) is 26.3. The predicted octanol–water partition coefficient (Wildman–Crippen LogP) is 5.42. The molecule has 1 aliphatic heterocycles. The van der Waals surface area contributed by atoms with Crippen molar-refractivity contribution in [1.82, 2.24) is 4.57 Å². The van der Waals surface area contributed by atoms with Crippen molar-refractivity contribution in [1.29, 1.82) is 5.26 Å². The molecule has 1 aliphatic rings. The van der Waals surface area contributed by atoms with Gasteiger partial charge in [0.1, 0.15) is 18.4 Å². The number of carbonyl (C=O) groups excluding carboxylic acids is 1. The molecule has 1 aromatic heterocycles. The minimum absolute atomic E-state index is 0.172. The van der Waals surface area contributed by atoms with Gasteiger partial charge in [0, 0.05) is 11.1 Å². The van der Waals surface area contributed by atoms with Crippen LogP contribution in [-0.2, 0) is 16.1 Å². The van der Waals surface area contributed by atoms with Crippen LogP contribution >= 0.6 is 11.3 Å². The number of benzene rings is 4. The van der Waals surface area contributed by atoms with Gasteiger partial charge in [0.05, 0.1) is 48.3 Å². The molecule has 0 saturated heterocycles.